The highest BCUT2D eigenvalue weighted by molar-refractivity contribution is 7.80. The number of nitrogens with one attached hydrogen (secondary N) is 2. The number of halogens is 2. The van der Waals surface area contributed by atoms with Crippen molar-refractivity contribution in [3.63, 3.8) is 0 Å². The number of aryl methyl sites for hydroxylation is 3. The second-order valence-corrected chi connectivity index (χ2v) is 15.4. The molecule has 3 heterocycles. The number of cyclic esters (lactones) is 2. The van der Waals surface area contributed by atoms with E-state index in [0.717, 1.165) is 42.4 Å². The molecular weight excluding hydrogens is 817 g/mol. The molecule has 0 radical (unpaired) electrons. The molecule has 0 unspecified atom stereocenters. The second-order valence-electron chi connectivity index (χ2n) is 14.4. The lowest BCUT2D eigenvalue weighted by Crippen LogP contribution is -2.33. The van der Waals surface area contributed by atoms with Crippen molar-refractivity contribution in [3.05, 3.63) is 76.1 Å². The molecule has 2 fully saturated rings. The summed E-state index contributed by atoms with van der Waals surface area (Å²) in [7, 11) is -0.705. The van der Waals surface area contributed by atoms with Gasteiger partial charge in [0.25, 0.3) is 0 Å². The van der Waals surface area contributed by atoms with E-state index in [1.165, 1.54) is 35.8 Å². The molecule has 22 heteroatoms. The number of carbonyl (C=O) groups excluding carboxylic acids is 5. The van der Waals surface area contributed by atoms with Crippen LogP contribution >= 0.6 is 0 Å². The van der Waals surface area contributed by atoms with Gasteiger partial charge in [0.2, 0.25) is 11.8 Å². The number of carbonyl (C=O) groups is 5. The van der Waals surface area contributed by atoms with Crippen LogP contribution in [0.15, 0.2) is 46.8 Å². The van der Waals surface area contributed by atoms with Crippen molar-refractivity contribution < 1.29 is 64.0 Å². The third-order valence-electron chi connectivity index (χ3n) is 9.58. The number of ketones is 1. The Morgan fingerprint density at radius 1 is 0.867 bits per heavy atom. The SMILES string of the molecule is CC(=O)NC[C@H]1CN(c2cc3c(cc2F)-c2oncc2CCC3)C(=O)O1.CC(=O)NC[C@H]1CN(c2cc3c(cc2F)C(=O)/C(=C/N(C)C)CCC3)C(=O)O1.NOS(=O)(=O)O. The van der Waals surface area contributed by atoms with Crippen LogP contribution in [-0.4, -0.2) is 105 Å². The number of hydrogen-bond donors (Lipinski definition) is 4. The highest BCUT2D eigenvalue weighted by Gasteiger charge is 2.36. The smallest absolute Gasteiger partial charge is 0.414 e. The first-order valence-electron chi connectivity index (χ1n) is 18.7. The molecule has 0 bridgehead atoms. The van der Waals surface area contributed by atoms with Gasteiger partial charge in [-0.3, -0.25) is 28.7 Å². The first kappa shape index (κ1) is 45.1. The number of amides is 4. The summed E-state index contributed by atoms with van der Waals surface area (Å²) in [6, 6.07) is 5.87. The van der Waals surface area contributed by atoms with Crippen molar-refractivity contribution in [2.45, 2.75) is 64.6 Å². The van der Waals surface area contributed by atoms with Gasteiger partial charge in [0.1, 0.15) is 23.8 Å². The van der Waals surface area contributed by atoms with E-state index in [4.69, 9.17) is 18.5 Å². The Kier molecular flexibility index (Phi) is 14.6. The van der Waals surface area contributed by atoms with E-state index in [9.17, 15) is 41.2 Å². The number of nitrogens with zero attached hydrogens (tertiary/aromatic N) is 4. The van der Waals surface area contributed by atoms with Crippen molar-refractivity contribution in [3.8, 4) is 11.3 Å². The number of ether oxygens (including phenoxy) is 2. The Bertz CT molecular complexity index is 2280. The van der Waals surface area contributed by atoms with Crippen LogP contribution in [0, 0.1) is 11.6 Å². The van der Waals surface area contributed by atoms with Crippen molar-refractivity contribution >= 4 is 51.6 Å². The van der Waals surface area contributed by atoms with E-state index in [0.29, 0.717) is 35.3 Å². The lowest BCUT2D eigenvalue weighted by atomic mass is 9.99. The first-order chi connectivity index (χ1) is 28.3. The standard InChI is InChI=1S/C20H24FN3O4.C18H18FN3O4.H3NO4S/c1-12(25)22-9-15-11-24(20(27)28-15)18-7-13-5-4-6-14(10-23(2)3)19(26)16(13)8-17(18)21;1-10(23)20-8-13-9-22(18(24)25-13)16-5-11-3-2-4-12-7-21-26-17(12)14(11)6-15(16)19;1-5-6(2,3)4/h7-8,10,15H,4-6,9,11H2,1-3H3,(H,22,25);5-7,13H,2-4,8-9H2,1H3,(H,20,23);1H2,(H,2,3,4)/b14-10+;;/t15-;13-;/m00./s1. The lowest BCUT2D eigenvalue weighted by Gasteiger charge is -2.17. The van der Waals surface area contributed by atoms with Crippen LogP contribution in [0.1, 0.15) is 60.2 Å². The monoisotopic (exact) mass is 861 g/mol. The second kappa shape index (κ2) is 19.4. The van der Waals surface area contributed by atoms with Gasteiger partial charge in [-0.15, -0.1) is 0 Å². The summed E-state index contributed by atoms with van der Waals surface area (Å²) >= 11 is 0. The Morgan fingerprint density at radius 2 is 1.33 bits per heavy atom. The predicted octanol–water partition coefficient (Wildman–Crippen LogP) is 3.36. The average Bonchev–Trinajstić information content (AvgIpc) is 3.85. The third-order valence-corrected chi connectivity index (χ3v) is 9.82. The molecule has 4 aliphatic rings. The highest BCUT2D eigenvalue weighted by atomic mass is 32.3. The van der Waals surface area contributed by atoms with Gasteiger partial charge in [0.05, 0.1) is 43.8 Å². The normalized spacial score (nSPS) is 18.9. The van der Waals surface area contributed by atoms with Gasteiger partial charge in [-0.05, 0) is 73.9 Å². The van der Waals surface area contributed by atoms with Crippen LogP contribution in [0.2, 0.25) is 0 Å². The van der Waals surface area contributed by atoms with E-state index in [1.54, 1.807) is 29.4 Å². The quantitative estimate of drug-likeness (QED) is 0.110. The molecule has 60 heavy (non-hydrogen) atoms. The maximum Gasteiger partial charge on any atom is 0.414 e. The lowest BCUT2D eigenvalue weighted by molar-refractivity contribution is -0.120. The van der Waals surface area contributed by atoms with E-state index in [2.05, 4.69) is 26.0 Å². The third kappa shape index (κ3) is 11.4. The zero-order chi connectivity index (χ0) is 43.9. The zero-order valence-corrected chi connectivity index (χ0v) is 34.0. The number of benzene rings is 2. The zero-order valence-electron chi connectivity index (χ0n) is 33.2. The Labute approximate surface area is 343 Å². The number of allylic oxidation sites excluding steroid dienone is 1. The number of aromatic nitrogens is 1. The van der Waals surface area contributed by atoms with Crippen molar-refractivity contribution in [1.82, 2.24) is 20.7 Å². The summed E-state index contributed by atoms with van der Waals surface area (Å²) in [5.74, 6) is 2.77. The molecule has 5 N–H and O–H groups in total. The van der Waals surface area contributed by atoms with Crippen LogP contribution in [0.5, 0.6) is 0 Å². The van der Waals surface area contributed by atoms with Crippen molar-refractivity contribution in [2.75, 3.05) is 50.1 Å². The average molecular weight is 862 g/mol. The Morgan fingerprint density at radius 3 is 1.82 bits per heavy atom. The van der Waals surface area contributed by atoms with Gasteiger partial charge in [-0.1, -0.05) is 5.16 Å². The summed E-state index contributed by atoms with van der Waals surface area (Å²) in [5, 5.41) is 9.01. The summed E-state index contributed by atoms with van der Waals surface area (Å²) in [4.78, 5) is 63.5. The van der Waals surface area contributed by atoms with Gasteiger partial charge in [0.15, 0.2) is 11.5 Å². The Hall–Kier alpha value is -5.97. The molecular formula is C38H45F2N7O12S. The number of fused-ring (bicyclic) bond motifs is 4. The van der Waals surface area contributed by atoms with Crippen molar-refractivity contribution in [1.29, 1.82) is 0 Å². The van der Waals surface area contributed by atoms with Gasteiger partial charge in [-0.2, -0.15) is 18.6 Å². The van der Waals surface area contributed by atoms with Crippen molar-refractivity contribution in [2.24, 2.45) is 5.90 Å². The minimum Gasteiger partial charge on any atom is -0.442 e. The van der Waals surface area contributed by atoms with E-state index in [1.807, 2.05) is 14.1 Å². The first-order valence-corrected chi connectivity index (χ1v) is 20.0. The fourth-order valence-electron chi connectivity index (χ4n) is 6.94. The van der Waals surface area contributed by atoms with Crippen LogP contribution in [0.4, 0.5) is 29.7 Å². The molecule has 4 amide bonds. The fourth-order valence-corrected chi connectivity index (χ4v) is 6.94. The number of nitrogens with two attached hydrogens (primary N) is 1. The topological polar surface area (TPSA) is 253 Å². The highest BCUT2D eigenvalue weighted by Crippen LogP contribution is 2.37. The largest absolute Gasteiger partial charge is 0.442 e. The van der Waals surface area contributed by atoms with Crippen LogP contribution in [-0.2, 0) is 53.0 Å². The molecule has 7 rings (SSSR count). The predicted molar refractivity (Wildman–Crippen MR) is 209 cm³/mol. The van der Waals surface area contributed by atoms with Crippen LogP contribution in [0.3, 0.4) is 0 Å². The fraction of sp³-hybridized carbons (Fsp3) is 0.421. The molecule has 2 aliphatic carbocycles. The molecule has 19 nitrogen and oxygen atoms in total. The molecule has 0 spiro atoms. The molecule has 2 atom stereocenters. The molecule has 0 saturated carbocycles. The molecule has 2 saturated heterocycles. The Balaban J connectivity index is 0.000000201. The van der Waals surface area contributed by atoms with E-state index in [-0.39, 0.29) is 55.2 Å². The van der Waals surface area contributed by atoms with Gasteiger partial charge < -0.3 is 29.5 Å². The number of rotatable bonds is 8. The molecule has 1 aromatic heterocycles. The molecule has 2 aliphatic heterocycles. The van der Waals surface area contributed by atoms with Crippen LogP contribution in [0.25, 0.3) is 11.3 Å². The molecule has 2 aromatic carbocycles. The number of anilines is 2. The molecule has 324 valence electrons. The summed E-state index contributed by atoms with van der Waals surface area (Å²) in [6.45, 7) is 3.44. The van der Waals surface area contributed by atoms with Crippen LogP contribution < -0.4 is 26.3 Å². The van der Waals surface area contributed by atoms with Gasteiger partial charge in [-0.25, -0.2) is 18.4 Å². The summed E-state index contributed by atoms with van der Waals surface area (Å²) in [5.41, 5.74) is 4.55. The maximum atomic E-state index is 14.8. The number of Topliss-reactive ketones (excluding diaryl/α,β-unsaturated/α-hetero) is 1. The van der Waals surface area contributed by atoms with Gasteiger partial charge in [0, 0.05) is 56.4 Å². The maximum absolute atomic E-state index is 14.8. The number of hydrogen-bond acceptors (Lipinski definition) is 14. The minimum absolute atomic E-state index is 0.0990. The van der Waals surface area contributed by atoms with Gasteiger partial charge >= 0.3 is 22.6 Å². The van der Waals surface area contributed by atoms with E-state index >= 15 is 0 Å². The minimum atomic E-state index is -4.38. The molecule has 3 aromatic rings. The van der Waals surface area contributed by atoms with E-state index < -0.39 is 46.4 Å². The summed E-state index contributed by atoms with van der Waals surface area (Å²) in [6.07, 6.45) is 5.56. The summed E-state index contributed by atoms with van der Waals surface area (Å²) < 4.78 is 74.2.